The maximum Gasteiger partial charge on any atom is 0.350 e. The van der Waals surface area contributed by atoms with Gasteiger partial charge in [-0.25, -0.2) is 4.79 Å². The van der Waals surface area contributed by atoms with Gasteiger partial charge in [-0.2, -0.15) is 4.99 Å². The molecule has 0 N–H and O–H groups in total. The zero-order valence-corrected chi connectivity index (χ0v) is 15.8. The van der Waals surface area contributed by atoms with Crippen LogP contribution < -0.4 is 4.80 Å². The van der Waals surface area contributed by atoms with Crippen LogP contribution in [0.25, 0.3) is 0 Å². The summed E-state index contributed by atoms with van der Waals surface area (Å²) in [5.41, 5.74) is 1.31. The molecule has 1 amide bonds. The van der Waals surface area contributed by atoms with Crippen molar-refractivity contribution in [3.8, 4) is 0 Å². The molecule has 1 aromatic heterocycles. The number of aromatic nitrogens is 1. The first-order chi connectivity index (χ1) is 11.5. The number of carbonyl (C=O) groups excluding carboxylic acids is 2. The van der Waals surface area contributed by atoms with E-state index in [9.17, 15) is 9.59 Å². The van der Waals surface area contributed by atoms with Crippen LogP contribution in [-0.2, 0) is 11.8 Å². The third-order valence-electron chi connectivity index (χ3n) is 3.39. The Morgan fingerprint density at radius 2 is 2.00 bits per heavy atom. The molecule has 0 fully saturated rings. The first-order valence-electron chi connectivity index (χ1n) is 7.64. The summed E-state index contributed by atoms with van der Waals surface area (Å²) in [7, 11) is 1.79. The fourth-order valence-corrected chi connectivity index (χ4v) is 3.89. The van der Waals surface area contributed by atoms with Gasteiger partial charge >= 0.3 is 5.97 Å². The van der Waals surface area contributed by atoms with Crippen molar-refractivity contribution in [2.24, 2.45) is 12.0 Å². The van der Waals surface area contributed by atoms with E-state index < -0.39 is 0 Å². The second kappa shape index (κ2) is 8.30. The third kappa shape index (κ3) is 3.96. The van der Waals surface area contributed by atoms with Crippen LogP contribution in [0, 0.1) is 6.92 Å². The van der Waals surface area contributed by atoms with Gasteiger partial charge in [0.25, 0.3) is 5.91 Å². The Balaban J connectivity index is 2.43. The molecule has 0 saturated heterocycles. The number of thiazole rings is 1. The largest absolute Gasteiger partial charge is 0.462 e. The zero-order valence-electron chi connectivity index (χ0n) is 14.2. The average Bonchev–Trinajstić information content (AvgIpc) is 2.84. The van der Waals surface area contributed by atoms with Crippen LogP contribution in [0.3, 0.4) is 0 Å². The van der Waals surface area contributed by atoms with Crippen LogP contribution in [0.4, 0.5) is 0 Å². The highest BCUT2D eigenvalue weighted by molar-refractivity contribution is 7.99. The molecule has 0 saturated carbocycles. The number of hydrogen-bond donors (Lipinski definition) is 0. The maximum atomic E-state index is 12.6. The summed E-state index contributed by atoms with van der Waals surface area (Å²) in [4.78, 5) is 30.6. The van der Waals surface area contributed by atoms with E-state index in [1.165, 1.54) is 11.3 Å². The van der Waals surface area contributed by atoms with Crippen LogP contribution >= 0.6 is 23.1 Å². The fourth-order valence-electron chi connectivity index (χ4n) is 2.09. The van der Waals surface area contributed by atoms with E-state index in [1.54, 1.807) is 36.4 Å². The summed E-state index contributed by atoms with van der Waals surface area (Å²) >= 11 is 2.78. The highest BCUT2D eigenvalue weighted by atomic mass is 32.2. The summed E-state index contributed by atoms with van der Waals surface area (Å²) < 4.78 is 6.79. The minimum absolute atomic E-state index is 0.307. The van der Waals surface area contributed by atoms with Gasteiger partial charge in [-0.3, -0.25) is 4.79 Å². The van der Waals surface area contributed by atoms with Crippen LogP contribution in [0.15, 0.2) is 34.2 Å². The predicted molar refractivity (Wildman–Crippen MR) is 96.7 cm³/mol. The number of hydrogen-bond acceptors (Lipinski definition) is 5. The van der Waals surface area contributed by atoms with Crippen molar-refractivity contribution in [3.63, 3.8) is 0 Å². The molecule has 0 aliphatic heterocycles. The number of ether oxygens (including phenoxy) is 1. The number of benzene rings is 1. The maximum absolute atomic E-state index is 12.6. The highest BCUT2D eigenvalue weighted by Gasteiger charge is 2.17. The summed E-state index contributed by atoms with van der Waals surface area (Å²) in [5.74, 6) is 0.189. The molecule has 1 heterocycles. The molecular formula is C17H20N2O3S2. The van der Waals surface area contributed by atoms with Gasteiger partial charge < -0.3 is 9.30 Å². The summed E-state index contributed by atoms with van der Waals surface area (Å²) in [6, 6.07) is 7.42. The smallest absolute Gasteiger partial charge is 0.350 e. The lowest BCUT2D eigenvalue weighted by molar-refractivity contribution is 0.0530. The van der Waals surface area contributed by atoms with Gasteiger partial charge in [-0.05, 0) is 31.7 Å². The molecule has 0 aliphatic carbocycles. The summed E-state index contributed by atoms with van der Waals surface area (Å²) in [6.07, 6.45) is 0. The lowest BCUT2D eigenvalue weighted by atomic mass is 10.2. The van der Waals surface area contributed by atoms with Crippen LogP contribution in [0.1, 0.15) is 39.6 Å². The number of nitrogens with zero attached hydrogens (tertiary/aromatic N) is 2. The molecule has 0 aliphatic rings. The fraction of sp³-hybridized carbons (Fsp3) is 0.353. The Hall–Kier alpha value is -1.86. The van der Waals surface area contributed by atoms with Gasteiger partial charge in [-0.1, -0.05) is 30.4 Å². The van der Waals surface area contributed by atoms with Crippen molar-refractivity contribution in [2.45, 2.75) is 25.7 Å². The summed E-state index contributed by atoms with van der Waals surface area (Å²) in [5, 5.41) is 0. The van der Waals surface area contributed by atoms with Gasteiger partial charge in [0.15, 0.2) is 4.80 Å². The third-order valence-corrected chi connectivity index (χ3v) is 5.56. The molecule has 5 nitrogen and oxygen atoms in total. The Kier molecular flexibility index (Phi) is 6.39. The van der Waals surface area contributed by atoms with E-state index in [-0.39, 0.29) is 11.9 Å². The van der Waals surface area contributed by atoms with E-state index >= 15 is 0 Å². The number of carbonyl (C=O) groups is 2. The van der Waals surface area contributed by atoms with Crippen LogP contribution in [0.5, 0.6) is 0 Å². The molecule has 0 unspecified atom stereocenters. The van der Waals surface area contributed by atoms with Crippen molar-refractivity contribution >= 4 is 35.0 Å². The minimum atomic E-state index is -0.383. The number of rotatable bonds is 5. The number of thioether (sulfide) groups is 1. The monoisotopic (exact) mass is 364 g/mol. The SMILES string of the molecule is CCOC(=O)c1sc(=NC(=O)c2ccccc2SCC)n(C)c1C. The van der Waals surface area contributed by atoms with Crippen molar-refractivity contribution in [2.75, 3.05) is 12.4 Å². The first kappa shape index (κ1) is 18.5. The Morgan fingerprint density at radius 3 is 2.67 bits per heavy atom. The van der Waals surface area contributed by atoms with Crippen molar-refractivity contribution in [3.05, 3.63) is 45.2 Å². The topological polar surface area (TPSA) is 60.7 Å². The van der Waals surface area contributed by atoms with Crippen molar-refractivity contribution < 1.29 is 14.3 Å². The molecule has 0 radical (unpaired) electrons. The lowest BCUT2D eigenvalue weighted by Gasteiger charge is -2.03. The molecule has 0 spiro atoms. The van der Waals surface area contributed by atoms with Gasteiger partial charge in [0.2, 0.25) is 0 Å². The average molecular weight is 364 g/mol. The standard InChI is InChI=1S/C17H20N2O3S2/c1-5-22-16(21)14-11(3)19(4)17(24-14)18-15(20)12-9-7-8-10-13(12)23-6-2/h7-10H,5-6H2,1-4H3. The van der Waals surface area contributed by atoms with E-state index in [2.05, 4.69) is 4.99 Å². The Bertz CT molecular complexity index is 821. The highest BCUT2D eigenvalue weighted by Crippen LogP contribution is 2.23. The van der Waals surface area contributed by atoms with Gasteiger partial charge in [0, 0.05) is 17.6 Å². The van der Waals surface area contributed by atoms with Gasteiger partial charge in [0.1, 0.15) is 4.88 Å². The van der Waals surface area contributed by atoms with E-state index in [0.29, 0.717) is 21.8 Å². The van der Waals surface area contributed by atoms with Crippen LogP contribution in [0.2, 0.25) is 0 Å². The Labute approximate surface area is 149 Å². The van der Waals surface area contributed by atoms with Crippen molar-refractivity contribution in [1.82, 2.24) is 4.57 Å². The van der Waals surface area contributed by atoms with Gasteiger partial charge in [-0.15, -0.1) is 11.8 Å². The molecular weight excluding hydrogens is 344 g/mol. The minimum Gasteiger partial charge on any atom is -0.462 e. The predicted octanol–water partition coefficient (Wildman–Crippen LogP) is 3.42. The molecule has 7 heteroatoms. The molecule has 1 aromatic carbocycles. The van der Waals surface area contributed by atoms with Gasteiger partial charge in [0.05, 0.1) is 12.2 Å². The number of amides is 1. The molecule has 0 atom stereocenters. The molecule has 128 valence electrons. The summed E-state index contributed by atoms with van der Waals surface area (Å²) in [6.45, 7) is 5.93. The molecule has 0 bridgehead atoms. The van der Waals surface area contributed by atoms with E-state index in [4.69, 9.17) is 4.74 Å². The number of esters is 1. The normalized spacial score (nSPS) is 11.6. The molecule has 2 aromatic rings. The lowest BCUT2D eigenvalue weighted by Crippen LogP contribution is -2.15. The molecule has 24 heavy (non-hydrogen) atoms. The van der Waals surface area contributed by atoms with E-state index in [0.717, 1.165) is 16.3 Å². The second-order valence-corrected chi connectivity index (χ2v) is 7.21. The zero-order chi connectivity index (χ0) is 17.7. The van der Waals surface area contributed by atoms with Crippen LogP contribution in [-0.4, -0.2) is 28.8 Å². The second-order valence-electron chi connectivity index (χ2n) is 4.92. The van der Waals surface area contributed by atoms with Crippen molar-refractivity contribution in [1.29, 1.82) is 0 Å². The Morgan fingerprint density at radius 1 is 1.29 bits per heavy atom. The molecule has 2 rings (SSSR count). The first-order valence-corrected chi connectivity index (χ1v) is 9.44. The quantitative estimate of drug-likeness (QED) is 0.602. The van der Waals surface area contributed by atoms with E-state index in [1.807, 2.05) is 32.0 Å².